The van der Waals surface area contributed by atoms with Crippen LogP contribution in [0.4, 0.5) is 0 Å². The molecular weight excluding hydrogens is 246 g/mol. The Morgan fingerprint density at radius 1 is 1.33 bits per heavy atom. The Labute approximate surface area is 111 Å². The number of furan rings is 1. The molecule has 0 radical (unpaired) electrons. The maximum Gasteiger partial charge on any atom is 0.151 e. The van der Waals surface area contributed by atoms with Gasteiger partial charge in [-0.05, 0) is 25.6 Å². The minimum absolute atomic E-state index is 0.887. The number of hydrogen-bond donors (Lipinski definition) is 1. The molecule has 1 N–H and O–H groups in total. The Bertz CT molecular complexity index is 478. The molecule has 2 heterocycles. The fourth-order valence-corrected chi connectivity index (χ4v) is 2.73. The lowest BCUT2D eigenvalue weighted by molar-refractivity contribution is 0.517. The van der Waals surface area contributed by atoms with Gasteiger partial charge in [0.05, 0.1) is 11.8 Å². The molecule has 0 aliphatic rings. The Hall–Kier alpha value is -1.20. The van der Waals surface area contributed by atoms with Gasteiger partial charge in [-0.2, -0.15) is 0 Å². The van der Waals surface area contributed by atoms with Gasteiger partial charge in [-0.25, -0.2) is 0 Å². The van der Waals surface area contributed by atoms with Crippen LogP contribution < -0.4 is 5.32 Å². The van der Waals surface area contributed by atoms with Crippen LogP contribution in [0, 0.1) is 0 Å². The third-order valence-corrected chi connectivity index (χ3v) is 3.77. The first kappa shape index (κ1) is 13.2. The molecule has 0 amide bonds. The van der Waals surface area contributed by atoms with E-state index >= 15 is 0 Å². The Morgan fingerprint density at radius 2 is 2.22 bits per heavy atom. The van der Waals surface area contributed by atoms with E-state index in [2.05, 4.69) is 29.4 Å². The van der Waals surface area contributed by atoms with Crippen molar-refractivity contribution in [3.63, 3.8) is 0 Å². The molecule has 0 aliphatic heterocycles. The molecule has 18 heavy (non-hydrogen) atoms. The molecule has 0 saturated heterocycles. The molecule has 98 valence electrons. The number of nitrogens with zero attached hydrogens (tertiary/aromatic N) is 2. The van der Waals surface area contributed by atoms with Gasteiger partial charge in [-0.3, -0.25) is 0 Å². The molecule has 0 bridgehead atoms. The van der Waals surface area contributed by atoms with Gasteiger partial charge in [0.2, 0.25) is 0 Å². The van der Waals surface area contributed by atoms with E-state index in [4.69, 9.17) is 4.42 Å². The summed E-state index contributed by atoms with van der Waals surface area (Å²) in [5.41, 5.74) is 1.09. The Morgan fingerprint density at radius 3 is 3.00 bits per heavy atom. The van der Waals surface area contributed by atoms with Crippen molar-refractivity contribution in [3.05, 3.63) is 23.1 Å². The smallest absolute Gasteiger partial charge is 0.151 e. The van der Waals surface area contributed by atoms with E-state index in [-0.39, 0.29) is 0 Å². The normalized spacial score (nSPS) is 11.0. The van der Waals surface area contributed by atoms with Gasteiger partial charge < -0.3 is 9.73 Å². The maximum absolute atomic E-state index is 5.42. The first-order valence-corrected chi connectivity index (χ1v) is 7.26. The molecule has 0 spiro atoms. The third kappa shape index (κ3) is 3.17. The second-order valence-corrected chi connectivity index (χ2v) is 5.13. The molecule has 2 aromatic rings. The van der Waals surface area contributed by atoms with Crippen LogP contribution in [0.1, 0.15) is 31.0 Å². The molecule has 0 saturated carbocycles. The van der Waals surface area contributed by atoms with Crippen molar-refractivity contribution < 1.29 is 4.42 Å². The topological polar surface area (TPSA) is 51.0 Å². The van der Waals surface area contributed by atoms with Crippen molar-refractivity contribution >= 4 is 11.3 Å². The number of rotatable bonds is 7. The summed E-state index contributed by atoms with van der Waals surface area (Å²) in [6, 6.07) is 1.97. The highest BCUT2D eigenvalue weighted by atomic mass is 32.1. The van der Waals surface area contributed by atoms with Gasteiger partial charge in [0, 0.05) is 12.8 Å². The maximum atomic E-state index is 5.42. The van der Waals surface area contributed by atoms with Gasteiger partial charge in [0.1, 0.15) is 10.8 Å². The van der Waals surface area contributed by atoms with Gasteiger partial charge in [0.15, 0.2) is 5.01 Å². The lowest BCUT2D eigenvalue weighted by atomic mass is 10.2. The van der Waals surface area contributed by atoms with Crippen molar-refractivity contribution in [2.45, 2.75) is 33.1 Å². The summed E-state index contributed by atoms with van der Waals surface area (Å²) in [5.74, 6) is 0.991. The average Bonchev–Trinajstić information content (AvgIpc) is 3.02. The molecular formula is C13H19N3OS. The van der Waals surface area contributed by atoms with Gasteiger partial charge >= 0.3 is 0 Å². The highest BCUT2D eigenvalue weighted by molar-refractivity contribution is 7.14. The van der Waals surface area contributed by atoms with Crippen LogP contribution in [0.25, 0.3) is 10.6 Å². The largest absolute Gasteiger partial charge is 0.469 e. The third-order valence-electron chi connectivity index (χ3n) is 2.76. The van der Waals surface area contributed by atoms with Crippen LogP contribution in [0.2, 0.25) is 0 Å². The van der Waals surface area contributed by atoms with Crippen molar-refractivity contribution in [1.29, 1.82) is 0 Å². The molecule has 2 rings (SSSR count). The van der Waals surface area contributed by atoms with Crippen LogP contribution in [0.5, 0.6) is 0 Å². The zero-order valence-electron chi connectivity index (χ0n) is 10.9. The zero-order valence-corrected chi connectivity index (χ0v) is 11.7. The quantitative estimate of drug-likeness (QED) is 0.782. The standard InChI is InChI=1S/C13H19N3OS/c1-3-11-10(7-9-17-11)13-16-15-12(18-13)6-5-8-14-4-2/h7,9,14H,3-6,8H2,1-2H3. The lowest BCUT2D eigenvalue weighted by Gasteiger charge is -1.97. The summed E-state index contributed by atoms with van der Waals surface area (Å²) in [7, 11) is 0. The van der Waals surface area contributed by atoms with E-state index in [1.54, 1.807) is 17.6 Å². The average molecular weight is 265 g/mol. The van der Waals surface area contributed by atoms with Crippen LogP contribution in [-0.2, 0) is 12.8 Å². The van der Waals surface area contributed by atoms with Crippen LogP contribution in [-0.4, -0.2) is 23.3 Å². The molecule has 0 unspecified atom stereocenters. The first-order chi connectivity index (χ1) is 8.85. The summed E-state index contributed by atoms with van der Waals surface area (Å²) in [5, 5.41) is 13.9. The minimum atomic E-state index is 0.887. The number of aryl methyl sites for hydroxylation is 2. The van der Waals surface area contributed by atoms with Gasteiger partial charge in [-0.15, -0.1) is 10.2 Å². The predicted molar refractivity (Wildman–Crippen MR) is 73.9 cm³/mol. The van der Waals surface area contributed by atoms with E-state index in [9.17, 15) is 0 Å². The Balaban J connectivity index is 1.97. The van der Waals surface area contributed by atoms with E-state index in [1.807, 2.05) is 6.07 Å². The van der Waals surface area contributed by atoms with Crippen molar-refractivity contribution in [2.24, 2.45) is 0 Å². The predicted octanol–water partition coefficient (Wildman–Crippen LogP) is 2.90. The van der Waals surface area contributed by atoms with Crippen molar-refractivity contribution in [2.75, 3.05) is 13.1 Å². The second-order valence-electron chi connectivity index (χ2n) is 4.07. The highest BCUT2D eigenvalue weighted by Crippen LogP contribution is 2.28. The summed E-state index contributed by atoms with van der Waals surface area (Å²) in [6.45, 7) is 6.27. The van der Waals surface area contributed by atoms with E-state index in [1.165, 1.54) is 0 Å². The minimum Gasteiger partial charge on any atom is -0.469 e. The fourth-order valence-electron chi connectivity index (χ4n) is 1.81. The monoisotopic (exact) mass is 265 g/mol. The molecule has 2 aromatic heterocycles. The molecule has 0 aromatic carbocycles. The Kier molecular flexibility index (Phi) is 4.90. The van der Waals surface area contributed by atoms with E-state index in [0.717, 1.165) is 53.7 Å². The molecule has 0 fully saturated rings. The van der Waals surface area contributed by atoms with Gasteiger partial charge in [-0.1, -0.05) is 25.2 Å². The van der Waals surface area contributed by atoms with Crippen LogP contribution in [0.3, 0.4) is 0 Å². The van der Waals surface area contributed by atoms with Crippen LogP contribution in [0.15, 0.2) is 16.7 Å². The summed E-state index contributed by atoms with van der Waals surface area (Å²) in [6.07, 6.45) is 4.70. The molecule has 5 heteroatoms. The van der Waals surface area contributed by atoms with E-state index < -0.39 is 0 Å². The first-order valence-electron chi connectivity index (χ1n) is 6.45. The molecule has 4 nitrogen and oxygen atoms in total. The van der Waals surface area contributed by atoms with Gasteiger partial charge in [0.25, 0.3) is 0 Å². The lowest BCUT2D eigenvalue weighted by Crippen LogP contribution is -2.14. The molecule has 0 atom stereocenters. The van der Waals surface area contributed by atoms with Crippen molar-refractivity contribution in [1.82, 2.24) is 15.5 Å². The summed E-state index contributed by atoms with van der Waals surface area (Å²) >= 11 is 1.67. The van der Waals surface area contributed by atoms with Crippen molar-refractivity contribution in [3.8, 4) is 10.6 Å². The summed E-state index contributed by atoms with van der Waals surface area (Å²) in [4.78, 5) is 0. The second kappa shape index (κ2) is 6.66. The number of aromatic nitrogens is 2. The highest BCUT2D eigenvalue weighted by Gasteiger charge is 2.12. The van der Waals surface area contributed by atoms with Crippen LogP contribution >= 0.6 is 11.3 Å². The summed E-state index contributed by atoms with van der Waals surface area (Å²) < 4.78 is 5.42. The fraction of sp³-hybridized carbons (Fsp3) is 0.538. The SMILES string of the molecule is CCNCCCc1nnc(-c2ccoc2CC)s1. The zero-order chi connectivity index (χ0) is 12.8. The number of hydrogen-bond acceptors (Lipinski definition) is 5. The van der Waals surface area contributed by atoms with E-state index in [0.29, 0.717) is 0 Å². The number of nitrogens with one attached hydrogen (secondary N) is 1. The molecule has 0 aliphatic carbocycles.